The Labute approximate surface area is 58.7 Å². The summed E-state index contributed by atoms with van der Waals surface area (Å²) in [7, 11) is 0. The van der Waals surface area contributed by atoms with Gasteiger partial charge in [0, 0.05) is 0 Å². The van der Waals surface area contributed by atoms with Gasteiger partial charge < -0.3 is 5.73 Å². The Kier molecular flexibility index (Phi) is 3.89. The molecular weight excluding hydrogens is 134 g/mol. The monoisotopic (exact) mass is 143 g/mol. The van der Waals surface area contributed by atoms with Crippen LogP contribution in [0.25, 0.3) is 0 Å². The minimum Gasteiger partial charge on any atom is -0.379 e. The van der Waals surface area contributed by atoms with E-state index in [1.165, 1.54) is 0 Å². The molecule has 0 rings (SSSR count). The molecule has 1 unspecified atom stereocenters. The van der Waals surface area contributed by atoms with Crippen LogP contribution in [0.2, 0.25) is 0 Å². The predicted molar refractivity (Wildman–Crippen MR) is 39.2 cm³/mol. The Morgan fingerprint density at radius 2 is 2.56 bits per heavy atom. The zero-order chi connectivity index (χ0) is 7.28. The molecule has 0 radical (unpaired) electrons. The fourth-order valence-electron chi connectivity index (χ4n) is 0.354. The molecule has 0 amide bonds. The molecule has 0 spiro atoms. The van der Waals surface area contributed by atoms with Crippen molar-refractivity contribution in [3.05, 3.63) is 0 Å². The first-order chi connectivity index (χ1) is 4.20. The number of rotatable bonds is 2. The molecule has 3 nitrogen and oxygen atoms in total. The minimum atomic E-state index is -0.150. The van der Waals surface area contributed by atoms with Gasteiger partial charge in [-0.05, 0) is 6.42 Å². The lowest BCUT2D eigenvalue weighted by atomic mass is 10.4. The smallest absolute Gasteiger partial charge is 0.152 e. The number of thioether (sulfide) groups is 1. The third kappa shape index (κ3) is 3.86. The molecule has 0 aliphatic heterocycles. The van der Waals surface area contributed by atoms with Crippen LogP contribution in [0.1, 0.15) is 13.3 Å². The topological polar surface area (TPSA) is 73.7 Å². The first kappa shape index (κ1) is 8.31. The van der Waals surface area contributed by atoms with Crippen molar-refractivity contribution in [2.45, 2.75) is 18.6 Å². The number of nitrogens with two attached hydrogens (primary N) is 1. The van der Waals surface area contributed by atoms with Crippen molar-refractivity contribution < 1.29 is 0 Å². The molecular formula is C5H9N3S. The lowest BCUT2D eigenvalue weighted by molar-refractivity contribution is 0.990. The van der Waals surface area contributed by atoms with Gasteiger partial charge in [0.05, 0.1) is 11.3 Å². The second-order valence-electron chi connectivity index (χ2n) is 1.51. The molecule has 0 heterocycles. The summed E-state index contributed by atoms with van der Waals surface area (Å²) in [4.78, 5) is 0. The Morgan fingerprint density at radius 3 is 2.67 bits per heavy atom. The van der Waals surface area contributed by atoms with Crippen LogP contribution in [0.3, 0.4) is 0 Å². The van der Waals surface area contributed by atoms with Crippen LogP contribution in [0.4, 0.5) is 0 Å². The van der Waals surface area contributed by atoms with Gasteiger partial charge in [-0.3, -0.25) is 5.41 Å². The zero-order valence-electron chi connectivity index (χ0n) is 5.22. The molecule has 0 aliphatic rings. The van der Waals surface area contributed by atoms with E-state index in [0.29, 0.717) is 0 Å². The summed E-state index contributed by atoms with van der Waals surface area (Å²) >= 11 is 1.10. The quantitative estimate of drug-likeness (QED) is 0.446. The first-order valence-corrected chi connectivity index (χ1v) is 3.49. The van der Waals surface area contributed by atoms with Gasteiger partial charge in [0.25, 0.3) is 0 Å². The summed E-state index contributed by atoms with van der Waals surface area (Å²) < 4.78 is 0. The standard InChI is InChI=1S/C5H9N3S/c1-2-4(3-6)9-5(7)8/h4H,2H2,1H3,(H3,7,8). The van der Waals surface area contributed by atoms with Gasteiger partial charge in [-0.2, -0.15) is 5.26 Å². The molecule has 0 aliphatic carbocycles. The highest BCUT2D eigenvalue weighted by Gasteiger charge is 2.04. The number of nitrogens with zero attached hydrogens (tertiary/aromatic N) is 1. The minimum absolute atomic E-state index is 0.0170. The van der Waals surface area contributed by atoms with Gasteiger partial charge in [0.1, 0.15) is 0 Å². The van der Waals surface area contributed by atoms with Crippen molar-refractivity contribution in [2.75, 3.05) is 0 Å². The first-order valence-electron chi connectivity index (χ1n) is 2.61. The Morgan fingerprint density at radius 1 is 2.00 bits per heavy atom. The molecule has 0 saturated heterocycles. The number of hydrogen-bond acceptors (Lipinski definition) is 3. The highest BCUT2D eigenvalue weighted by molar-refractivity contribution is 8.14. The normalized spacial score (nSPS) is 12.0. The SMILES string of the molecule is CCC(C#N)SC(=N)N. The summed E-state index contributed by atoms with van der Waals surface area (Å²) in [5, 5.41) is 15.0. The van der Waals surface area contributed by atoms with Crippen LogP contribution < -0.4 is 5.73 Å². The van der Waals surface area contributed by atoms with Gasteiger partial charge in [-0.15, -0.1) is 0 Å². The molecule has 4 heteroatoms. The van der Waals surface area contributed by atoms with E-state index in [2.05, 4.69) is 0 Å². The van der Waals surface area contributed by atoms with Crippen LogP contribution in [0.15, 0.2) is 0 Å². The number of hydrogen-bond donors (Lipinski definition) is 2. The summed E-state index contributed by atoms with van der Waals surface area (Å²) in [5.74, 6) is 0. The lowest BCUT2D eigenvalue weighted by Gasteiger charge is -2.00. The Bertz CT molecular complexity index is 138. The Balaban J connectivity index is 3.60. The van der Waals surface area contributed by atoms with Crippen molar-refractivity contribution in [1.29, 1.82) is 10.7 Å². The molecule has 3 N–H and O–H groups in total. The van der Waals surface area contributed by atoms with Crippen molar-refractivity contribution in [3.8, 4) is 6.07 Å². The van der Waals surface area contributed by atoms with Crippen molar-refractivity contribution in [2.24, 2.45) is 5.73 Å². The van der Waals surface area contributed by atoms with Crippen molar-refractivity contribution in [1.82, 2.24) is 0 Å². The number of amidine groups is 1. The molecule has 0 bridgehead atoms. The average molecular weight is 143 g/mol. The van der Waals surface area contributed by atoms with Crippen LogP contribution in [-0.2, 0) is 0 Å². The van der Waals surface area contributed by atoms with E-state index in [0.717, 1.165) is 18.2 Å². The zero-order valence-corrected chi connectivity index (χ0v) is 6.03. The van der Waals surface area contributed by atoms with E-state index < -0.39 is 0 Å². The van der Waals surface area contributed by atoms with E-state index in [9.17, 15) is 0 Å². The van der Waals surface area contributed by atoms with Crippen LogP contribution in [0, 0.1) is 16.7 Å². The van der Waals surface area contributed by atoms with E-state index in [4.69, 9.17) is 16.4 Å². The third-order valence-corrected chi connectivity index (χ3v) is 1.76. The molecule has 0 aromatic heterocycles. The van der Waals surface area contributed by atoms with Gasteiger partial charge in [-0.1, -0.05) is 18.7 Å². The molecule has 50 valence electrons. The average Bonchev–Trinajstić information content (AvgIpc) is 1.82. The van der Waals surface area contributed by atoms with E-state index in [1.54, 1.807) is 0 Å². The lowest BCUT2D eigenvalue weighted by Crippen LogP contribution is -2.09. The largest absolute Gasteiger partial charge is 0.379 e. The molecule has 0 aromatic carbocycles. The summed E-state index contributed by atoms with van der Waals surface area (Å²) in [6, 6.07) is 2.03. The highest BCUT2D eigenvalue weighted by atomic mass is 32.2. The summed E-state index contributed by atoms with van der Waals surface area (Å²) in [6.07, 6.45) is 0.737. The second-order valence-corrected chi connectivity index (χ2v) is 2.75. The van der Waals surface area contributed by atoms with Crippen LogP contribution in [0.5, 0.6) is 0 Å². The Hall–Kier alpha value is -0.690. The predicted octanol–water partition coefficient (Wildman–Crippen LogP) is 0.915. The molecule has 0 aromatic rings. The molecule has 0 fully saturated rings. The number of nitrogens with one attached hydrogen (secondary N) is 1. The number of nitriles is 1. The highest BCUT2D eigenvalue weighted by Crippen LogP contribution is 2.11. The van der Waals surface area contributed by atoms with Gasteiger partial charge in [0.2, 0.25) is 0 Å². The summed E-state index contributed by atoms with van der Waals surface area (Å²) in [6.45, 7) is 1.89. The molecule has 1 atom stereocenters. The van der Waals surface area contributed by atoms with Crippen molar-refractivity contribution >= 4 is 16.9 Å². The van der Waals surface area contributed by atoms with Gasteiger partial charge in [-0.25, -0.2) is 0 Å². The molecule has 0 saturated carbocycles. The maximum absolute atomic E-state index is 8.35. The van der Waals surface area contributed by atoms with E-state index in [-0.39, 0.29) is 10.4 Å². The fourth-order valence-corrected chi connectivity index (χ4v) is 0.880. The van der Waals surface area contributed by atoms with Crippen LogP contribution >= 0.6 is 11.8 Å². The fraction of sp³-hybridized carbons (Fsp3) is 0.600. The maximum atomic E-state index is 8.35. The molecule has 9 heavy (non-hydrogen) atoms. The van der Waals surface area contributed by atoms with Gasteiger partial charge in [0.15, 0.2) is 5.17 Å². The van der Waals surface area contributed by atoms with E-state index >= 15 is 0 Å². The summed E-state index contributed by atoms with van der Waals surface area (Å²) in [5.41, 5.74) is 5.04. The van der Waals surface area contributed by atoms with Gasteiger partial charge >= 0.3 is 0 Å². The van der Waals surface area contributed by atoms with Crippen molar-refractivity contribution in [3.63, 3.8) is 0 Å². The van der Waals surface area contributed by atoms with E-state index in [1.807, 2.05) is 13.0 Å². The van der Waals surface area contributed by atoms with Crippen LogP contribution in [-0.4, -0.2) is 10.4 Å². The third-order valence-electron chi connectivity index (χ3n) is 0.784. The second kappa shape index (κ2) is 4.21. The maximum Gasteiger partial charge on any atom is 0.152 e.